The number of primary amides is 1. The van der Waals surface area contributed by atoms with Gasteiger partial charge in [0, 0.05) is 5.69 Å². The van der Waals surface area contributed by atoms with Crippen LogP contribution in [0.15, 0.2) is 24.3 Å². The number of amides is 2. The molecule has 98 valence electrons. The number of nitrogens with one attached hydrogen (secondary N) is 1. The smallest absolute Gasteiger partial charge is 0.255 e. The zero-order valence-electron chi connectivity index (χ0n) is 9.98. The highest BCUT2D eigenvalue weighted by atomic mass is 79.9. The summed E-state index contributed by atoms with van der Waals surface area (Å²) in [6.45, 7) is 1.75. The lowest BCUT2D eigenvalue weighted by Crippen LogP contribution is -2.22. The maximum Gasteiger partial charge on any atom is 0.255 e. The molecule has 1 aromatic rings. The fourth-order valence-electron chi connectivity index (χ4n) is 1.19. The van der Waals surface area contributed by atoms with Crippen molar-refractivity contribution in [3.63, 3.8) is 0 Å². The summed E-state index contributed by atoms with van der Waals surface area (Å²) in [6.07, 6.45) is 0.714. The third-order valence-electron chi connectivity index (χ3n) is 2.15. The van der Waals surface area contributed by atoms with Crippen molar-refractivity contribution in [1.82, 2.24) is 0 Å². The molecule has 0 aliphatic rings. The normalized spacial score (nSPS) is 11.7. The molecule has 0 aliphatic heterocycles. The monoisotopic (exact) mass is 314 g/mol. The minimum absolute atomic E-state index is 0.0942. The Kier molecular flexibility index (Phi) is 5.64. The summed E-state index contributed by atoms with van der Waals surface area (Å²) in [5.41, 5.74) is 5.63. The molecule has 2 amide bonds. The number of carbonyl (C=O) groups is 2. The molecule has 3 N–H and O–H groups in total. The fraction of sp³-hybridized carbons (Fsp3) is 0.333. The van der Waals surface area contributed by atoms with E-state index in [0.717, 1.165) is 0 Å². The number of rotatable bonds is 6. The molecule has 0 aromatic heterocycles. The first kappa shape index (κ1) is 14.5. The molecule has 1 aromatic carbocycles. The van der Waals surface area contributed by atoms with Gasteiger partial charge in [-0.25, -0.2) is 0 Å². The average molecular weight is 315 g/mol. The van der Waals surface area contributed by atoms with Gasteiger partial charge in [-0.15, -0.1) is 0 Å². The summed E-state index contributed by atoms with van der Waals surface area (Å²) in [5.74, 6) is -0.0987. The molecule has 0 radical (unpaired) electrons. The van der Waals surface area contributed by atoms with E-state index in [-0.39, 0.29) is 17.3 Å². The molecule has 0 spiro atoms. The quantitative estimate of drug-likeness (QED) is 0.783. The number of hydrogen-bond donors (Lipinski definition) is 2. The maximum absolute atomic E-state index is 11.6. The Balaban J connectivity index is 2.55. The number of anilines is 1. The lowest BCUT2D eigenvalue weighted by atomic mass is 10.2. The highest BCUT2D eigenvalue weighted by molar-refractivity contribution is 9.10. The predicted molar refractivity (Wildman–Crippen MR) is 72.8 cm³/mol. The van der Waals surface area contributed by atoms with Crippen LogP contribution in [-0.2, 0) is 9.59 Å². The second-order valence-corrected chi connectivity index (χ2v) is 4.75. The minimum atomic E-state index is -0.530. The molecule has 0 heterocycles. The first-order valence-corrected chi connectivity index (χ1v) is 6.40. The number of halogens is 1. The third kappa shape index (κ3) is 4.75. The number of nitrogens with two attached hydrogens (primary N) is 1. The van der Waals surface area contributed by atoms with Crippen LogP contribution in [0.3, 0.4) is 0 Å². The van der Waals surface area contributed by atoms with Gasteiger partial charge in [-0.2, -0.15) is 0 Å². The molecule has 1 unspecified atom stereocenters. The second kappa shape index (κ2) is 7.00. The Morgan fingerprint density at radius 2 is 2.00 bits per heavy atom. The van der Waals surface area contributed by atoms with Crippen LogP contribution in [0.5, 0.6) is 5.75 Å². The third-order valence-corrected chi connectivity index (χ3v) is 3.21. The van der Waals surface area contributed by atoms with Crippen LogP contribution in [-0.4, -0.2) is 23.2 Å². The molecular weight excluding hydrogens is 300 g/mol. The van der Waals surface area contributed by atoms with Crippen molar-refractivity contribution in [3.8, 4) is 5.75 Å². The zero-order valence-corrected chi connectivity index (χ0v) is 11.6. The van der Waals surface area contributed by atoms with Crippen LogP contribution >= 0.6 is 15.9 Å². The highest BCUT2D eigenvalue weighted by Crippen LogP contribution is 2.17. The van der Waals surface area contributed by atoms with Gasteiger partial charge < -0.3 is 15.8 Å². The van der Waals surface area contributed by atoms with Gasteiger partial charge in [0.15, 0.2) is 6.61 Å². The Bertz CT molecular complexity index is 420. The van der Waals surface area contributed by atoms with Crippen LogP contribution in [0.25, 0.3) is 0 Å². The summed E-state index contributed by atoms with van der Waals surface area (Å²) in [7, 11) is 0. The van der Waals surface area contributed by atoms with Gasteiger partial charge >= 0.3 is 0 Å². The Morgan fingerprint density at radius 1 is 1.39 bits per heavy atom. The summed E-state index contributed by atoms with van der Waals surface area (Å²) in [6, 6.07) is 6.72. The molecule has 0 aliphatic carbocycles. The topological polar surface area (TPSA) is 81.4 Å². The molecule has 0 saturated carbocycles. The van der Waals surface area contributed by atoms with Gasteiger partial charge in [-0.1, -0.05) is 22.9 Å². The molecule has 1 rings (SSSR count). The van der Waals surface area contributed by atoms with E-state index in [9.17, 15) is 9.59 Å². The van der Waals surface area contributed by atoms with Gasteiger partial charge in [0.25, 0.3) is 5.91 Å². The molecule has 1 atom stereocenters. The van der Waals surface area contributed by atoms with E-state index in [4.69, 9.17) is 10.5 Å². The standard InChI is InChI=1S/C12H15BrN2O3/c1-2-10(13)12(17)15-8-3-5-9(6-4-8)18-7-11(14)16/h3-6,10H,2,7H2,1H3,(H2,14,16)(H,15,17). The largest absolute Gasteiger partial charge is 0.484 e. The van der Waals surface area contributed by atoms with Gasteiger partial charge in [-0.3, -0.25) is 9.59 Å². The number of carbonyl (C=O) groups excluding carboxylic acids is 2. The number of alkyl halides is 1. The number of hydrogen-bond acceptors (Lipinski definition) is 3. The van der Waals surface area contributed by atoms with Crippen LogP contribution in [0.4, 0.5) is 5.69 Å². The van der Waals surface area contributed by atoms with Crippen molar-refractivity contribution in [2.24, 2.45) is 5.73 Å². The van der Waals surface area contributed by atoms with E-state index in [2.05, 4.69) is 21.2 Å². The molecule has 5 nitrogen and oxygen atoms in total. The van der Waals surface area contributed by atoms with E-state index in [0.29, 0.717) is 17.9 Å². The van der Waals surface area contributed by atoms with E-state index in [1.165, 1.54) is 0 Å². The lowest BCUT2D eigenvalue weighted by molar-refractivity contribution is -0.120. The van der Waals surface area contributed by atoms with E-state index >= 15 is 0 Å². The SMILES string of the molecule is CCC(Br)C(=O)Nc1ccc(OCC(N)=O)cc1. The lowest BCUT2D eigenvalue weighted by Gasteiger charge is -2.09. The summed E-state index contributed by atoms with van der Waals surface area (Å²) >= 11 is 3.27. The van der Waals surface area contributed by atoms with Crippen LogP contribution in [0.1, 0.15) is 13.3 Å². The molecule has 0 bridgehead atoms. The summed E-state index contributed by atoms with van der Waals surface area (Å²) in [4.78, 5) is 21.9. The van der Waals surface area contributed by atoms with Crippen LogP contribution in [0.2, 0.25) is 0 Å². The van der Waals surface area contributed by atoms with Gasteiger partial charge in [0.05, 0.1) is 4.83 Å². The van der Waals surface area contributed by atoms with Crippen molar-refractivity contribution in [2.45, 2.75) is 18.2 Å². The first-order valence-electron chi connectivity index (χ1n) is 5.49. The second-order valence-electron chi connectivity index (χ2n) is 3.64. The Labute approximate surface area is 114 Å². The van der Waals surface area contributed by atoms with Crippen molar-refractivity contribution in [3.05, 3.63) is 24.3 Å². The van der Waals surface area contributed by atoms with Gasteiger partial charge in [-0.05, 0) is 30.7 Å². The molecule has 0 saturated heterocycles. The summed E-state index contributed by atoms with van der Waals surface area (Å²) < 4.78 is 5.10. The van der Waals surface area contributed by atoms with Crippen molar-refractivity contribution >= 4 is 33.4 Å². The number of ether oxygens (including phenoxy) is 1. The molecule has 18 heavy (non-hydrogen) atoms. The molecular formula is C12H15BrN2O3. The van der Waals surface area contributed by atoms with Crippen molar-refractivity contribution in [2.75, 3.05) is 11.9 Å². The van der Waals surface area contributed by atoms with E-state index in [1.807, 2.05) is 6.92 Å². The van der Waals surface area contributed by atoms with Gasteiger partial charge in [0.1, 0.15) is 5.75 Å². The van der Waals surface area contributed by atoms with E-state index in [1.54, 1.807) is 24.3 Å². The number of benzene rings is 1. The Morgan fingerprint density at radius 3 is 2.50 bits per heavy atom. The van der Waals surface area contributed by atoms with Crippen molar-refractivity contribution < 1.29 is 14.3 Å². The Hall–Kier alpha value is -1.56. The zero-order chi connectivity index (χ0) is 13.5. The van der Waals surface area contributed by atoms with Gasteiger partial charge in [0.2, 0.25) is 5.91 Å². The highest BCUT2D eigenvalue weighted by Gasteiger charge is 2.12. The summed E-state index contributed by atoms with van der Waals surface area (Å²) in [5, 5.41) is 2.75. The van der Waals surface area contributed by atoms with E-state index < -0.39 is 5.91 Å². The predicted octanol–water partition coefficient (Wildman–Crippen LogP) is 1.66. The first-order chi connectivity index (χ1) is 8.52. The average Bonchev–Trinajstić information content (AvgIpc) is 2.36. The molecule has 0 fully saturated rings. The van der Waals surface area contributed by atoms with Crippen molar-refractivity contribution in [1.29, 1.82) is 0 Å². The maximum atomic E-state index is 11.6. The molecule has 6 heteroatoms. The van der Waals surface area contributed by atoms with Crippen LogP contribution < -0.4 is 15.8 Å². The minimum Gasteiger partial charge on any atom is -0.484 e. The fourth-order valence-corrected chi connectivity index (χ4v) is 1.31. The van der Waals surface area contributed by atoms with Crippen LogP contribution in [0, 0.1) is 0 Å².